The number of nitrogens with zero attached hydrogens (tertiary/aromatic N) is 3. The second-order valence-electron chi connectivity index (χ2n) is 5.05. The Balaban J connectivity index is 1.42. The van der Waals surface area contributed by atoms with E-state index >= 15 is 0 Å². The summed E-state index contributed by atoms with van der Waals surface area (Å²) in [7, 11) is 0. The van der Waals surface area contributed by atoms with E-state index in [1.807, 2.05) is 24.4 Å². The highest BCUT2D eigenvalue weighted by atomic mass is 32.2. The van der Waals surface area contributed by atoms with Crippen LogP contribution in [0.1, 0.15) is 32.1 Å². The summed E-state index contributed by atoms with van der Waals surface area (Å²) >= 11 is 1.79. The molecule has 0 bridgehead atoms. The summed E-state index contributed by atoms with van der Waals surface area (Å²) in [5, 5.41) is 13.0. The monoisotopic (exact) mass is 276 g/mol. The van der Waals surface area contributed by atoms with Crippen molar-refractivity contribution in [2.75, 3.05) is 12.3 Å². The molecule has 1 fully saturated rings. The van der Waals surface area contributed by atoms with Crippen molar-refractivity contribution in [3.05, 3.63) is 24.4 Å². The average molecular weight is 276 g/mol. The van der Waals surface area contributed by atoms with Crippen molar-refractivity contribution in [2.45, 2.75) is 43.3 Å². The van der Waals surface area contributed by atoms with Crippen LogP contribution in [0, 0.1) is 0 Å². The molecule has 102 valence electrons. The number of pyridine rings is 1. The fourth-order valence-electron chi connectivity index (χ4n) is 2.59. The fraction of sp³-hybridized carbons (Fsp3) is 0.571. The normalized spacial score (nSPS) is 16.4. The molecule has 2 aromatic heterocycles. The van der Waals surface area contributed by atoms with E-state index < -0.39 is 0 Å². The summed E-state index contributed by atoms with van der Waals surface area (Å²) in [6, 6.07) is 6.77. The lowest BCUT2D eigenvalue weighted by Crippen LogP contribution is -2.27. The average Bonchev–Trinajstić information content (AvgIpc) is 3.08. The van der Waals surface area contributed by atoms with Gasteiger partial charge in [0.05, 0.1) is 0 Å². The molecule has 2 aromatic rings. The number of hydrogen-bond donors (Lipinski definition) is 1. The zero-order valence-corrected chi connectivity index (χ0v) is 11.9. The molecule has 0 unspecified atom stereocenters. The molecule has 4 nitrogen and oxygen atoms in total. The summed E-state index contributed by atoms with van der Waals surface area (Å²) in [6.07, 6.45) is 8.73. The number of hydrogen-bond acceptors (Lipinski definition) is 4. The summed E-state index contributed by atoms with van der Waals surface area (Å²) < 4.78 is 2.05. The van der Waals surface area contributed by atoms with Crippen LogP contribution in [0.25, 0.3) is 5.65 Å². The van der Waals surface area contributed by atoms with Crippen molar-refractivity contribution in [3.8, 4) is 0 Å². The molecule has 1 N–H and O–H groups in total. The first-order valence-electron chi connectivity index (χ1n) is 7.09. The van der Waals surface area contributed by atoms with Crippen LogP contribution in [0.3, 0.4) is 0 Å². The number of thioether (sulfide) groups is 1. The highest BCUT2D eigenvalue weighted by molar-refractivity contribution is 7.99. The smallest absolute Gasteiger partial charge is 0.195 e. The number of fused-ring (bicyclic) bond motifs is 1. The van der Waals surface area contributed by atoms with Gasteiger partial charge in [-0.2, -0.15) is 0 Å². The van der Waals surface area contributed by atoms with Gasteiger partial charge >= 0.3 is 0 Å². The number of aromatic nitrogens is 3. The summed E-state index contributed by atoms with van der Waals surface area (Å²) in [4.78, 5) is 0. The van der Waals surface area contributed by atoms with Gasteiger partial charge in [0.2, 0.25) is 0 Å². The van der Waals surface area contributed by atoms with Gasteiger partial charge < -0.3 is 5.32 Å². The molecule has 2 heterocycles. The Bertz CT molecular complexity index is 519. The first-order valence-corrected chi connectivity index (χ1v) is 8.08. The van der Waals surface area contributed by atoms with Crippen LogP contribution in [-0.2, 0) is 0 Å². The Morgan fingerprint density at radius 1 is 1.26 bits per heavy atom. The zero-order chi connectivity index (χ0) is 12.9. The van der Waals surface area contributed by atoms with E-state index in [1.165, 1.54) is 32.1 Å². The predicted octanol–water partition coefficient (Wildman–Crippen LogP) is 2.74. The lowest BCUT2D eigenvalue weighted by atomic mass is 10.2. The van der Waals surface area contributed by atoms with Crippen LogP contribution in [0.15, 0.2) is 29.6 Å². The van der Waals surface area contributed by atoms with Gasteiger partial charge in [-0.3, -0.25) is 4.40 Å². The van der Waals surface area contributed by atoms with E-state index in [2.05, 4.69) is 19.9 Å². The summed E-state index contributed by atoms with van der Waals surface area (Å²) in [5.41, 5.74) is 0.925. The van der Waals surface area contributed by atoms with Crippen molar-refractivity contribution in [3.63, 3.8) is 0 Å². The van der Waals surface area contributed by atoms with Crippen LogP contribution < -0.4 is 5.32 Å². The van der Waals surface area contributed by atoms with Crippen molar-refractivity contribution in [2.24, 2.45) is 0 Å². The van der Waals surface area contributed by atoms with Crippen LogP contribution in [-0.4, -0.2) is 32.9 Å². The van der Waals surface area contributed by atoms with Crippen molar-refractivity contribution < 1.29 is 0 Å². The predicted molar refractivity (Wildman–Crippen MR) is 78.6 cm³/mol. The van der Waals surface area contributed by atoms with Gasteiger partial charge in [0.25, 0.3) is 0 Å². The maximum absolute atomic E-state index is 4.23. The van der Waals surface area contributed by atoms with E-state index in [0.717, 1.165) is 29.1 Å². The molecule has 0 aromatic carbocycles. The van der Waals surface area contributed by atoms with Crippen molar-refractivity contribution in [1.29, 1.82) is 0 Å². The molecule has 1 aliphatic carbocycles. The molecular formula is C14H20N4S. The molecule has 19 heavy (non-hydrogen) atoms. The van der Waals surface area contributed by atoms with Crippen LogP contribution >= 0.6 is 11.8 Å². The largest absolute Gasteiger partial charge is 0.314 e. The van der Waals surface area contributed by atoms with Gasteiger partial charge in [0, 0.05) is 18.0 Å². The standard InChI is InChI=1S/C14H20N4S/c1-2-7-12(6-1)15-9-5-11-19-14-17-16-13-8-3-4-10-18(13)14/h3-4,8,10,12,15H,1-2,5-7,9,11H2. The van der Waals surface area contributed by atoms with E-state index in [1.54, 1.807) is 11.8 Å². The lowest BCUT2D eigenvalue weighted by Gasteiger charge is -2.10. The molecule has 0 amide bonds. The van der Waals surface area contributed by atoms with E-state index in [0.29, 0.717) is 0 Å². The topological polar surface area (TPSA) is 42.2 Å². The van der Waals surface area contributed by atoms with E-state index in [9.17, 15) is 0 Å². The second kappa shape index (κ2) is 6.39. The van der Waals surface area contributed by atoms with Gasteiger partial charge in [-0.25, -0.2) is 0 Å². The highest BCUT2D eigenvalue weighted by Crippen LogP contribution is 2.19. The van der Waals surface area contributed by atoms with Crippen LogP contribution in [0.2, 0.25) is 0 Å². The molecule has 0 aliphatic heterocycles. The molecular weight excluding hydrogens is 256 g/mol. The molecule has 0 saturated heterocycles. The summed E-state index contributed by atoms with van der Waals surface area (Å²) in [6.45, 7) is 1.12. The minimum absolute atomic E-state index is 0.777. The minimum Gasteiger partial charge on any atom is -0.314 e. The SMILES string of the molecule is c1ccn2c(SCCCNC3CCCC3)nnc2c1. The van der Waals surface area contributed by atoms with Gasteiger partial charge in [0.15, 0.2) is 10.8 Å². The zero-order valence-electron chi connectivity index (χ0n) is 11.1. The number of rotatable bonds is 6. The Morgan fingerprint density at radius 3 is 3.05 bits per heavy atom. The number of nitrogens with one attached hydrogen (secondary N) is 1. The highest BCUT2D eigenvalue weighted by Gasteiger charge is 2.13. The molecule has 5 heteroatoms. The Hall–Kier alpha value is -1.07. The minimum atomic E-state index is 0.777. The first-order chi connectivity index (χ1) is 9.43. The van der Waals surface area contributed by atoms with Gasteiger partial charge in [-0.05, 0) is 37.9 Å². The third-order valence-corrected chi connectivity index (χ3v) is 4.65. The molecule has 0 radical (unpaired) electrons. The van der Waals surface area contributed by atoms with Gasteiger partial charge in [-0.15, -0.1) is 10.2 Å². The third-order valence-electron chi connectivity index (χ3n) is 3.62. The molecule has 1 saturated carbocycles. The maximum Gasteiger partial charge on any atom is 0.195 e. The first kappa shape index (κ1) is 12.9. The Kier molecular flexibility index (Phi) is 4.35. The van der Waals surface area contributed by atoms with Gasteiger partial charge in [-0.1, -0.05) is 30.7 Å². The molecule has 0 spiro atoms. The third kappa shape index (κ3) is 3.28. The van der Waals surface area contributed by atoms with Crippen LogP contribution in [0.5, 0.6) is 0 Å². The molecule has 3 rings (SSSR count). The van der Waals surface area contributed by atoms with E-state index in [4.69, 9.17) is 0 Å². The maximum atomic E-state index is 4.23. The van der Waals surface area contributed by atoms with E-state index in [-0.39, 0.29) is 0 Å². The molecule has 0 atom stereocenters. The summed E-state index contributed by atoms with van der Waals surface area (Å²) in [5.74, 6) is 1.09. The lowest BCUT2D eigenvalue weighted by molar-refractivity contribution is 0.524. The molecule has 1 aliphatic rings. The Labute approximate surface area is 118 Å². The van der Waals surface area contributed by atoms with Gasteiger partial charge in [0.1, 0.15) is 0 Å². The quantitative estimate of drug-likeness (QED) is 0.651. The second-order valence-corrected chi connectivity index (χ2v) is 6.11. The van der Waals surface area contributed by atoms with Crippen molar-refractivity contribution in [1.82, 2.24) is 19.9 Å². The van der Waals surface area contributed by atoms with Crippen molar-refractivity contribution >= 4 is 17.4 Å². The van der Waals surface area contributed by atoms with Crippen LogP contribution in [0.4, 0.5) is 0 Å². The Morgan fingerprint density at radius 2 is 2.16 bits per heavy atom. The fourth-order valence-corrected chi connectivity index (χ4v) is 3.45.